The maximum atomic E-state index is 13.4. The Bertz CT molecular complexity index is 1520. The molecule has 0 saturated carbocycles. The van der Waals surface area contributed by atoms with E-state index in [2.05, 4.69) is 29.4 Å². The van der Waals surface area contributed by atoms with Gasteiger partial charge in [-0.25, -0.2) is 0 Å². The molecule has 8 heteroatoms. The van der Waals surface area contributed by atoms with Crippen molar-refractivity contribution in [3.05, 3.63) is 82.9 Å². The van der Waals surface area contributed by atoms with Crippen LogP contribution in [0, 0.1) is 5.92 Å². The highest BCUT2D eigenvalue weighted by Gasteiger charge is 2.40. The van der Waals surface area contributed by atoms with Gasteiger partial charge in [0, 0.05) is 46.5 Å². The van der Waals surface area contributed by atoms with Gasteiger partial charge in [0.1, 0.15) is 11.9 Å². The van der Waals surface area contributed by atoms with E-state index in [1.807, 2.05) is 71.6 Å². The summed E-state index contributed by atoms with van der Waals surface area (Å²) in [5.74, 6) is 0.809. The topological polar surface area (TPSA) is 87.3 Å². The minimum Gasteiger partial charge on any atom is -0.490 e. The first-order valence-electron chi connectivity index (χ1n) is 13.9. The number of nitrogens with one attached hydrogen (secondary N) is 2. The van der Waals surface area contributed by atoms with Crippen molar-refractivity contribution in [3.8, 4) is 17.0 Å². The number of hydrogen-bond donors (Lipinski definition) is 2. The Morgan fingerprint density at radius 3 is 2.48 bits per heavy atom. The standard InChI is InChI=1S/C32H33ClN4O3/c1-19(2)30(26-5-3-4-6-28(26)33)34-32(39)21-9-14-29-27(15-21)31(36-35-29)20-7-12-24(13-8-20)40-25-16-22-10-11-23(17-25)37(22)18-38/h3-9,12-15,18-19,22-23,25,30H,10-11,16-17H2,1-2H3,(H,34,39)(H,35,36)/t22-,23+,25-,30-/m0/s1. The normalized spacial score (nSPS) is 21.0. The molecule has 1 aromatic heterocycles. The lowest BCUT2D eigenvalue weighted by molar-refractivity contribution is -0.123. The molecule has 2 bridgehead atoms. The summed E-state index contributed by atoms with van der Waals surface area (Å²) >= 11 is 6.45. The molecule has 2 aliphatic heterocycles. The summed E-state index contributed by atoms with van der Waals surface area (Å²) in [5, 5.41) is 12.3. The van der Waals surface area contributed by atoms with Gasteiger partial charge in [-0.2, -0.15) is 5.10 Å². The van der Waals surface area contributed by atoms with Gasteiger partial charge in [0.15, 0.2) is 0 Å². The predicted molar refractivity (Wildman–Crippen MR) is 156 cm³/mol. The molecular weight excluding hydrogens is 524 g/mol. The van der Waals surface area contributed by atoms with Crippen molar-refractivity contribution in [2.24, 2.45) is 5.92 Å². The number of aromatic amines is 1. The summed E-state index contributed by atoms with van der Waals surface area (Å²) in [5.41, 5.74) is 4.03. The third kappa shape index (κ3) is 5.06. The van der Waals surface area contributed by atoms with E-state index in [1.165, 1.54) is 0 Å². The highest BCUT2D eigenvalue weighted by Crippen LogP contribution is 2.37. The number of carbonyl (C=O) groups excluding carboxylic acids is 2. The SMILES string of the molecule is CC(C)[C@H](NC(=O)c1ccc2[nH]nc(-c3ccc(O[C@@H]4C[C@H]5CC[C@@H](C4)N5C=O)cc3)c2c1)c1ccccc1Cl. The van der Waals surface area contributed by atoms with Crippen LogP contribution < -0.4 is 10.1 Å². The molecule has 0 spiro atoms. The Hall–Kier alpha value is -3.84. The fourth-order valence-electron chi connectivity index (χ4n) is 6.25. The molecule has 0 radical (unpaired) electrons. The molecule has 6 rings (SSSR count). The lowest BCUT2D eigenvalue weighted by Crippen LogP contribution is -2.45. The van der Waals surface area contributed by atoms with Crippen molar-refractivity contribution >= 4 is 34.8 Å². The molecule has 2 N–H and O–H groups in total. The van der Waals surface area contributed by atoms with Gasteiger partial charge < -0.3 is 15.0 Å². The predicted octanol–water partition coefficient (Wildman–Crippen LogP) is 6.54. The van der Waals surface area contributed by atoms with Crippen LogP contribution in [0.25, 0.3) is 22.2 Å². The second kappa shape index (κ2) is 11.0. The van der Waals surface area contributed by atoms with E-state index in [0.717, 1.165) is 65.6 Å². The van der Waals surface area contributed by atoms with Gasteiger partial charge in [0.25, 0.3) is 5.91 Å². The molecule has 2 aliphatic rings. The summed E-state index contributed by atoms with van der Waals surface area (Å²) < 4.78 is 6.31. The number of H-pyrrole nitrogens is 1. The second-order valence-electron chi connectivity index (χ2n) is 11.2. The molecule has 0 unspecified atom stereocenters. The number of halogens is 1. The number of aromatic nitrogens is 2. The molecular formula is C32H33ClN4O3. The number of hydrogen-bond acceptors (Lipinski definition) is 4. The number of rotatable bonds is 8. The smallest absolute Gasteiger partial charge is 0.251 e. The molecule has 2 fully saturated rings. The van der Waals surface area contributed by atoms with Gasteiger partial charge in [0.05, 0.1) is 17.3 Å². The number of benzene rings is 3. The van der Waals surface area contributed by atoms with E-state index in [4.69, 9.17) is 16.3 Å². The maximum absolute atomic E-state index is 13.4. The fraction of sp³-hybridized carbons (Fsp3) is 0.344. The molecule has 0 aliphatic carbocycles. The van der Waals surface area contributed by atoms with E-state index in [1.54, 1.807) is 0 Å². The van der Waals surface area contributed by atoms with Crippen molar-refractivity contribution in [2.45, 2.75) is 63.8 Å². The quantitative estimate of drug-likeness (QED) is 0.241. The fourth-order valence-corrected chi connectivity index (χ4v) is 6.50. The largest absolute Gasteiger partial charge is 0.490 e. The molecule has 40 heavy (non-hydrogen) atoms. The first kappa shape index (κ1) is 26.4. The lowest BCUT2D eigenvalue weighted by Gasteiger charge is -2.36. The third-order valence-corrected chi connectivity index (χ3v) is 8.66. The number of nitrogens with zero attached hydrogens (tertiary/aromatic N) is 2. The van der Waals surface area contributed by atoms with Crippen LogP contribution in [0.15, 0.2) is 66.7 Å². The molecule has 3 heterocycles. The third-order valence-electron chi connectivity index (χ3n) is 8.32. The van der Waals surface area contributed by atoms with E-state index < -0.39 is 0 Å². The average Bonchev–Trinajstić information content (AvgIpc) is 3.49. The summed E-state index contributed by atoms with van der Waals surface area (Å²) in [6, 6.07) is 21.5. The van der Waals surface area contributed by atoms with Crippen LogP contribution in [0.5, 0.6) is 5.75 Å². The molecule has 2 saturated heterocycles. The van der Waals surface area contributed by atoms with Gasteiger partial charge in [-0.3, -0.25) is 14.7 Å². The van der Waals surface area contributed by atoms with Gasteiger partial charge in [0.2, 0.25) is 6.41 Å². The van der Waals surface area contributed by atoms with Crippen LogP contribution in [-0.2, 0) is 4.79 Å². The lowest BCUT2D eigenvalue weighted by atomic mass is 9.95. The van der Waals surface area contributed by atoms with E-state index in [0.29, 0.717) is 22.7 Å². The zero-order valence-electron chi connectivity index (χ0n) is 22.6. The highest BCUT2D eigenvalue weighted by atomic mass is 35.5. The molecule has 4 atom stereocenters. The Kier molecular flexibility index (Phi) is 7.24. The number of ether oxygens (including phenoxy) is 1. The van der Waals surface area contributed by atoms with E-state index in [-0.39, 0.29) is 24.0 Å². The molecule has 3 aromatic carbocycles. The van der Waals surface area contributed by atoms with Crippen LogP contribution in [0.4, 0.5) is 0 Å². The van der Waals surface area contributed by atoms with Crippen LogP contribution >= 0.6 is 11.6 Å². The zero-order chi connectivity index (χ0) is 27.8. The van der Waals surface area contributed by atoms with Crippen LogP contribution in [0.1, 0.15) is 61.5 Å². The summed E-state index contributed by atoms with van der Waals surface area (Å²) in [4.78, 5) is 26.7. The minimum atomic E-state index is -0.214. The first-order chi connectivity index (χ1) is 19.4. The van der Waals surface area contributed by atoms with E-state index in [9.17, 15) is 9.59 Å². The van der Waals surface area contributed by atoms with Crippen molar-refractivity contribution in [3.63, 3.8) is 0 Å². The molecule has 2 amide bonds. The zero-order valence-corrected chi connectivity index (χ0v) is 23.4. The maximum Gasteiger partial charge on any atom is 0.251 e. The molecule has 7 nitrogen and oxygen atoms in total. The summed E-state index contributed by atoms with van der Waals surface area (Å²) in [6.07, 6.45) is 4.99. The van der Waals surface area contributed by atoms with Crippen molar-refractivity contribution < 1.29 is 14.3 Å². The van der Waals surface area contributed by atoms with Crippen molar-refractivity contribution in [1.29, 1.82) is 0 Å². The second-order valence-corrected chi connectivity index (χ2v) is 11.6. The van der Waals surface area contributed by atoms with Gasteiger partial charge in [-0.05, 0) is 72.9 Å². The van der Waals surface area contributed by atoms with E-state index >= 15 is 0 Å². The number of fused-ring (bicyclic) bond motifs is 3. The Morgan fingerprint density at radius 2 is 1.80 bits per heavy atom. The van der Waals surface area contributed by atoms with Gasteiger partial charge in [-0.15, -0.1) is 0 Å². The number of carbonyl (C=O) groups is 2. The summed E-state index contributed by atoms with van der Waals surface area (Å²) in [7, 11) is 0. The highest BCUT2D eigenvalue weighted by molar-refractivity contribution is 6.31. The first-order valence-corrected chi connectivity index (χ1v) is 14.3. The summed E-state index contributed by atoms with van der Waals surface area (Å²) in [6.45, 7) is 4.13. The van der Waals surface area contributed by atoms with Crippen molar-refractivity contribution in [1.82, 2.24) is 20.4 Å². The number of amides is 2. The Balaban J connectivity index is 1.19. The van der Waals surface area contributed by atoms with Gasteiger partial charge in [-0.1, -0.05) is 43.6 Å². The molecule has 4 aromatic rings. The minimum absolute atomic E-state index is 0.118. The molecule has 206 valence electrons. The monoisotopic (exact) mass is 556 g/mol. The van der Waals surface area contributed by atoms with Gasteiger partial charge >= 0.3 is 0 Å². The Labute approximate surface area is 238 Å². The van der Waals surface area contributed by atoms with Crippen LogP contribution in [0.3, 0.4) is 0 Å². The number of piperidine rings is 1. The van der Waals surface area contributed by atoms with Crippen LogP contribution in [0.2, 0.25) is 5.02 Å². The Morgan fingerprint density at radius 1 is 1.07 bits per heavy atom. The average molecular weight is 557 g/mol. The van der Waals surface area contributed by atoms with Crippen molar-refractivity contribution in [2.75, 3.05) is 0 Å². The van der Waals surface area contributed by atoms with Crippen LogP contribution in [-0.4, -0.2) is 45.6 Å².